The van der Waals surface area contributed by atoms with Gasteiger partial charge in [-0.1, -0.05) is 6.07 Å². The Balaban J connectivity index is 1.91. The molecular weight excluding hydrogens is 294 g/mol. The van der Waals surface area contributed by atoms with Crippen molar-refractivity contribution in [1.29, 1.82) is 0 Å². The standard InChI is InChI=1S/C14H16F2N4O2/c1-8-5-13(20(2)19-8)18-14(22)17-7-12(21)10-4-3-9(15)6-11(10)16/h3-6,12,21H,7H2,1-2H3,(H2,17,18,22)/t12-/m1/s1. The summed E-state index contributed by atoms with van der Waals surface area (Å²) in [7, 11) is 1.67. The Morgan fingerprint density at radius 2 is 2.14 bits per heavy atom. The first-order valence-electron chi connectivity index (χ1n) is 6.55. The largest absolute Gasteiger partial charge is 0.386 e. The maximum absolute atomic E-state index is 13.5. The number of aliphatic hydroxyl groups excluding tert-OH is 1. The number of aromatic nitrogens is 2. The van der Waals surface area contributed by atoms with Crippen molar-refractivity contribution in [3.05, 3.63) is 47.2 Å². The Hall–Kier alpha value is -2.48. The highest BCUT2D eigenvalue weighted by atomic mass is 19.1. The molecule has 8 heteroatoms. The van der Waals surface area contributed by atoms with Crippen LogP contribution in [0.15, 0.2) is 24.3 Å². The number of benzene rings is 1. The zero-order chi connectivity index (χ0) is 16.3. The van der Waals surface area contributed by atoms with E-state index in [0.717, 1.165) is 17.8 Å². The van der Waals surface area contributed by atoms with E-state index in [2.05, 4.69) is 15.7 Å². The van der Waals surface area contributed by atoms with E-state index in [1.807, 2.05) is 0 Å². The predicted octanol–water partition coefficient (Wildman–Crippen LogP) is 1.86. The summed E-state index contributed by atoms with van der Waals surface area (Å²) >= 11 is 0. The number of hydrogen-bond donors (Lipinski definition) is 3. The molecule has 2 rings (SSSR count). The normalized spacial score (nSPS) is 12.0. The van der Waals surface area contributed by atoms with E-state index in [4.69, 9.17) is 0 Å². The third-order valence-electron chi connectivity index (χ3n) is 3.02. The van der Waals surface area contributed by atoms with Crippen LogP contribution in [0.1, 0.15) is 17.4 Å². The number of aryl methyl sites for hydroxylation is 2. The molecule has 3 N–H and O–H groups in total. The van der Waals surface area contributed by atoms with Gasteiger partial charge in [0.05, 0.1) is 11.8 Å². The number of carbonyl (C=O) groups is 1. The first-order valence-corrected chi connectivity index (χ1v) is 6.55. The second-order valence-electron chi connectivity index (χ2n) is 4.81. The first kappa shape index (κ1) is 15.9. The summed E-state index contributed by atoms with van der Waals surface area (Å²) in [5.41, 5.74) is 0.657. The highest BCUT2D eigenvalue weighted by molar-refractivity contribution is 5.88. The Kier molecular flexibility index (Phi) is 4.71. The number of nitrogens with one attached hydrogen (secondary N) is 2. The summed E-state index contributed by atoms with van der Waals surface area (Å²) in [6.45, 7) is 1.56. The smallest absolute Gasteiger partial charge is 0.320 e. The van der Waals surface area contributed by atoms with Crippen molar-refractivity contribution in [2.45, 2.75) is 13.0 Å². The van der Waals surface area contributed by atoms with Gasteiger partial charge in [0.25, 0.3) is 0 Å². The molecule has 0 bridgehead atoms. The number of rotatable bonds is 4. The molecule has 0 saturated heterocycles. The van der Waals surface area contributed by atoms with Crippen LogP contribution in [0.25, 0.3) is 0 Å². The molecule has 0 saturated carbocycles. The van der Waals surface area contributed by atoms with Gasteiger partial charge >= 0.3 is 6.03 Å². The number of urea groups is 1. The van der Waals surface area contributed by atoms with Crippen molar-refractivity contribution in [2.75, 3.05) is 11.9 Å². The van der Waals surface area contributed by atoms with Crippen molar-refractivity contribution in [2.24, 2.45) is 7.05 Å². The summed E-state index contributed by atoms with van der Waals surface area (Å²) in [6, 6.07) is 3.97. The molecule has 0 aliphatic heterocycles. The van der Waals surface area contributed by atoms with E-state index < -0.39 is 23.8 Å². The van der Waals surface area contributed by atoms with Crippen molar-refractivity contribution in [3.63, 3.8) is 0 Å². The number of anilines is 1. The molecule has 0 unspecified atom stereocenters. The third kappa shape index (κ3) is 3.79. The average Bonchev–Trinajstić information content (AvgIpc) is 2.74. The lowest BCUT2D eigenvalue weighted by Crippen LogP contribution is -2.33. The molecule has 0 fully saturated rings. The van der Waals surface area contributed by atoms with E-state index in [1.165, 1.54) is 4.68 Å². The van der Waals surface area contributed by atoms with Gasteiger partial charge in [-0.3, -0.25) is 10.00 Å². The van der Waals surface area contributed by atoms with Gasteiger partial charge in [0.2, 0.25) is 0 Å². The Labute approximate surface area is 125 Å². The fourth-order valence-electron chi connectivity index (χ4n) is 1.96. The number of aliphatic hydroxyl groups is 1. The number of nitrogens with zero attached hydrogens (tertiary/aromatic N) is 2. The van der Waals surface area contributed by atoms with Crippen molar-refractivity contribution >= 4 is 11.8 Å². The molecular formula is C14H16F2N4O2. The molecule has 1 atom stereocenters. The number of hydrogen-bond acceptors (Lipinski definition) is 3. The second-order valence-corrected chi connectivity index (χ2v) is 4.81. The van der Waals surface area contributed by atoms with Crippen LogP contribution in [0.2, 0.25) is 0 Å². The van der Waals surface area contributed by atoms with Crippen LogP contribution in [0.5, 0.6) is 0 Å². The monoisotopic (exact) mass is 310 g/mol. The molecule has 0 radical (unpaired) electrons. The van der Waals surface area contributed by atoms with Crippen LogP contribution in [0, 0.1) is 18.6 Å². The van der Waals surface area contributed by atoms with E-state index in [9.17, 15) is 18.7 Å². The maximum atomic E-state index is 13.5. The van der Waals surface area contributed by atoms with Crippen LogP contribution < -0.4 is 10.6 Å². The van der Waals surface area contributed by atoms with Crippen molar-refractivity contribution < 1.29 is 18.7 Å². The molecule has 1 aromatic heterocycles. The minimum absolute atomic E-state index is 0.0851. The van der Waals surface area contributed by atoms with Crippen LogP contribution in [-0.4, -0.2) is 27.5 Å². The van der Waals surface area contributed by atoms with E-state index in [-0.39, 0.29) is 12.1 Å². The quantitative estimate of drug-likeness (QED) is 0.806. The second kappa shape index (κ2) is 6.52. The number of amides is 2. The fraction of sp³-hybridized carbons (Fsp3) is 0.286. The van der Waals surface area contributed by atoms with E-state index in [1.54, 1.807) is 20.0 Å². The SMILES string of the molecule is Cc1cc(NC(=O)NC[C@@H](O)c2ccc(F)cc2F)n(C)n1. The van der Waals surface area contributed by atoms with Gasteiger partial charge in [0, 0.05) is 31.3 Å². The molecule has 1 aromatic carbocycles. The van der Waals surface area contributed by atoms with Gasteiger partial charge in [0.1, 0.15) is 17.5 Å². The molecule has 0 aliphatic carbocycles. The maximum Gasteiger partial charge on any atom is 0.320 e. The van der Waals surface area contributed by atoms with Gasteiger partial charge in [-0.25, -0.2) is 13.6 Å². The lowest BCUT2D eigenvalue weighted by atomic mass is 10.1. The van der Waals surface area contributed by atoms with Gasteiger partial charge < -0.3 is 10.4 Å². The minimum atomic E-state index is -1.28. The molecule has 2 aromatic rings. The summed E-state index contributed by atoms with van der Waals surface area (Å²) < 4.78 is 27.8. The lowest BCUT2D eigenvalue weighted by Gasteiger charge is -2.13. The fourth-order valence-corrected chi connectivity index (χ4v) is 1.96. The van der Waals surface area contributed by atoms with Crippen LogP contribution in [0.4, 0.5) is 19.4 Å². The molecule has 0 aliphatic rings. The highest BCUT2D eigenvalue weighted by Gasteiger charge is 2.15. The highest BCUT2D eigenvalue weighted by Crippen LogP contribution is 2.17. The summed E-state index contributed by atoms with van der Waals surface area (Å²) in [6.07, 6.45) is -1.28. The van der Waals surface area contributed by atoms with E-state index >= 15 is 0 Å². The predicted molar refractivity (Wildman–Crippen MR) is 76.3 cm³/mol. The average molecular weight is 310 g/mol. The Bertz CT molecular complexity index is 687. The summed E-state index contributed by atoms with van der Waals surface area (Å²) in [4.78, 5) is 11.7. The van der Waals surface area contributed by atoms with Gasteiger partial charge in [0.15, 0.2) is 0 Å². The van der Waals surface area contributed by atoms with Crippen molar-refractivity contribution in [3.8, 4) is 0 Å². The topological polar surface area (TPSA) is 79.2 Å². The third-order valence-corrected chi connectivity index (χ3v) is 3.02. The zero-order valence-corrected chi connectivity index (χ0v) is 12.1. The molecule has 118 valence electrons. The summed E-state index contributed by atoms with van der Waals surface area (Å²) in [5, 5.41) is 18.9. The molecule has 0 spiro atoms. The van der Waals surface area contributed by atoms with Crippen LogP contribution in [-0.2, 0) is 7.05 Å². The molecule has 6 nitrogen and oxygen atoms in total. The van der Waals surface area contributed by atoms with E-state index in [0.29, 0.717) is 11.9 Å². The number of carbonyl (C=O) groups excluding carboxylic acids is 1. The van der Waals surface area contributed by atoms with Gasteiger partial charge in [-0.2, -0.15) is 5.10 Å². The van der Waals surface area contributed by atoms with Crippen LogP contribution in [0.3, 0.4) is 0 Å². The lowest BCUT2D eigenvalue weighted by molar-refractivity contribution is 0.170. The minimum Gasteiger partial charge on any atom is -0.386 e. The Morgan fingerprint density at radius 1 is 1.41 bits per heavy atom. The van der Waals surface area contributed by atoms with Crippen molar-refractivity contribution in [1.82, 2.24) is 15.1 Å². The van der Waals surface area contributed by atoms with Gasteiger partial charge in [-0.15, -0.1) is 0 Å². The van der Waals surface area contributed by atoms with Crippen LogP contribution >= 0.6 is 0 Å². The summed E-state index contributed by atoms with van der Waals surface area (Å²) in [5.74, 6) is -1.11. The molecule has 2 amide bonds. The number of halogens is 2. The first-order chi connectivity index (χ1) is 10.4. The zero-order valence-electron chi connectivity index (χ0n) is 12.1. The molecule has 1 heterocycles. The Morgan fingerprint density at radius 3 is 2.73 bits per heavy atom. The molecule has 22 heavy (non-hydrogen) atoms. The van der Waals surface area contributed by atoms with Gasteiger partial charge in [-0.05, 0) is 13.0 Å².